The van der Waals surface area contributed by atoms with Crippen LogP contribution in [0.3, 0.4) is 0 Å². The fourth-order valence-electron chi connectivity index (χ4n) is 9.28. The summed E-state index contributed by atoms with van der Waals surface area (Å²) >= 11 is 0. The average Bonchev–Trinajstić information content (AvgIpc) is 3.93. The van der Waals surface area contributed by atoms with E-state index in [1.165, 1.54) is 55.3 Å². The SMILES string of the molecule is C1=CC2C(C=C1c1ccccc1)c1cc(-c3ccccc3)ccc1N2c1cccc(-c2ccc3oc4ccc(-n5c6ccccc6c6ccccc65)cc4c3c2)n1. The molecule has 4 heteroatoms. The number of pyridine rings is 1. The van der Waals surface area contributed by atoms with Crippen LogP contribution in [0.2, 0.25) is 0 Å². The van der Waals surface area contributed by atoms with Gasteiger partial charge in [0, 0.05) is 44.4 Å². The summed E-state index contributed by atoms with van der Waals surface area (Å²) in [7, 11) is 0. The van der Waals surface area contributed by atoms with Crippen LogP contribution in [-0.4, -0.2) is 15.6 Å². The van der Waals surface area contributed by atoms with Gasteiger partial charge in [0.05, 0.1) is 22.8 Å². The fourth-order valence-corrected chi connectivity index (χ4v) is 9.28. The number of hydrogen-bond donors (Lipinski definition) is 0. The van der Waals surface area contributed by atoms with Gasteiger partial charge >= 0.3 is 0 Å². The smallest absolute Gasteiger partial charge is 0.135 e. The highest BCUT2D eigenvalue weighted by molar-refractivity contribution is 6.11. The molecule has 0 amide bonds. The largest absolute Gasteiger partial charge is 0.456 e. The number of aromatic nitrogens is 2. The quantitative estimate of drug-likeness (QED) is 0.177. The van der Waals surface area contributed by atoms with Crippen LogP contribution in [0.25, 0.3) is 77.4 Å². The third-order valence-electron chi connectivity index (χ3n) is 11.9. The van der Waals surface area contributed by atoms with Crippen LogP contribution in [-0.2, 0) is 0 Å². The second kappa shape index (κ2) is 12.6. The minimum Gasteiger partial charge on any atom is -0.456 e. The maximum Gasteiger partial charge on any atom is 0.135 e. The first-order valence-electron chi connectivity index (χ1n) is 19.6. The average molecular weight is 730 g/mol. The van der Waals surface area contributed by atoms with Gasteiger partial charge in [0.15, 0.2) is 0 Å². The monoisotopic (exact) mass is 729 g/mol. The van der Waals surface area contributed by atoms with Crippen molar-refractivity contribution >= 4 is 60.8 Å². The zero-order valence-electron chi connectivity index (χ0n) is 31.0. The van der Waals surface area contributed by atoms with Crippen LogP contribution < -0.4 is 4.90 Å². The first-order valence-corrected chi connectivity index (χ1v) is 19.6. The summed E-state index contributed by atoms with van der Waals surface area (Å²) in [5.74, 6) is 1.10. The van der Waals surface area contributed by atoms with Crippen LogP contribution in [0.1, 0.15) is 17.0 Å². The maximum absolute atomic E-state index is 6.43. The Morgan fingerprint density at radius 2 is 1.16 bits per heavy atom. The highest BCUT2D eigenvalue weighted by Gasteiger charge is 2.39. The van der Waals surface area contributed by atoms with Crippen LogP contribution >= 0.6 is 0 Å². The van der Waals surface area contributed by atoms with Crippen molar-refractivity contribution in [3.05, 3.63) is 211 Å². The molecular weight excluding hydrogens is 695 g/mol. The Kier molecular flexibility index (Phi) is 7.02. The van der Waals surface area contributed by atoms with Crippen LogP contribution in [0.5, 0.6) is 0 Å². The van der Waals surface area contributed by atoms with Crippen molar-refractivity contribution in [2.45, 2.75) is 12.0 Å². The van der Waals surface area contributed by atoms with Gasteiger partial charge in [-0.05, 0) is 101 Å². The molecule has 0 bridgehead atoms. The summed E-state index contributed by atoms with van der Waals surface area (Å²) in [4.78, 5) is 7.83. The number of nitrogens with zero attached hydrogens (tertiary/aromatic N) is 3. The number of benzene rings is 7. The van der Waals surface area contributed by atoms with Gasteiger partial charge in [0.25, 0.3) is 0 Å². The molecule has 10 aromatic rings. The normalized spacial score (nSPS) is 16.1. The van der Waals surface area contributed by atoms with E-state index in [1.54, 1.807) is 0 Å². The minimum absolute atomic E-state index is 0.0980. The minimum atomic E-state index is 0.0980. The molecule has 0 fully saturated rings. The molecule has 4 heterocycles. The topological polar surface area (TPSA) is 34.2 Å². The van der Waals surface area contributed by atoms with Gasteiger partial charge in [-0.1, -0.05) is 127 Å². The van der Waals surface area contributed by atoms with E-state index in [9.17, 15) is 0 Å². The third-order valence-corrected chi connectivity index (χ3v) is 11.9. The van der Waals surface area contributed by atoms with Gasteiger partial charge in [-0.2, -0.15) is 0 Å². The summed E-state index contributed by atoms with van der Waals surface area (Å²) in [6.45, 7) is 0. The number of rotatable bonds is 5. The van der Waals surface area contributed by atoms with E-state index in [-0.39, 0.29) is 12.0 Å². The summed E-state index contributed by atoms with van der Waals surface area (Å²) in [6, 6.07) is 65.1. The Labute approximate surface area is 329 Å². The Bertz CT molecular complexity index is 3210. The van der Waals surface area contributed by atoms with Gasteiger partial charge in [0.1, 0.15) is 17.0 Å². The molecule has 12 rings (SSSR count). The predicted molar refractivity (Wildman–Crippen MR) is 235 cm³/mol. The number of hydrogen-bond acceptors (Lipinski definition) is 3. The highest BCUT2D eigenvalue weighted by Crippen LogP contribution is 2.50. The summed E-state index contributed by atoms with van der Waals surface area (Å²) < 4.78 is 8.79. The van der Waals surface area contributed by atoms with E-state index in [4.69, 9.17) is 9.40 Å². The molecule has 268 valence electrons. The molecule has 1 aliphatic heterocycles. The first-order chi connectivity index (χ1) is 28.2. The van der Waals surface area contributed by atoms with Gasteiger partial charge in [-0.25, -0.2) is 4.98 Å². The van der Waals surface area contributed by atoms with E-state index in [0.717, 1.165) is 44.7 Å². The molecule has 3 aromatic heterocycles. The maximum atomic E-state index is 6.43. The molecule has 57 heavy (non-hydrogen) atoms. The lowest BCUT2D eigenvalue weighted by Crippen LogP contribution is -2.29. The van der Waals surface area contributed by atoms with E-state index in [0.29, 0.717) is 0 Å². The fraction of sp³-hybridized carbons (Fsp3) is 0.0377. The number of fused-ring (bicyclic) bond motifs is 9. The molecule has 1 aliphatic carbocycles. The van der Waals surface area contributed by atoms with Gasteiger partial charge in [0.2, 0.25) is 0 Å². The van der Waals surface area contributed by atoms with Gasteiger partial charge in [-0.3, -0.25) is 0 Å². The van der Waals surface area contributed by atoms with Crippen molar-refractivity contribution in [3.63, 3.8) is 0 Å². The van der Waals surface area contributed by atoms with Crippen molar-refractivity contribution in [1.29, 1.82) is 0 Å². The van der Waals surface area contributed by atoms with Crippen LogP contribution in [0.15, 0.2) is 205 Å². The van der Waals surface area contributed by atoms with Gasteiger partial charge in [-0.15, -0.1) is 0 Å². The number of anilines is 2. The number of allylic oxidation sites excluding steroid dienone is 2. The lowest BCUT2D eigenvalue weighted by Gasteiger charge is -2.29. The predicted octanol–water partition coefficient (Wildman–Crippen LogP) is 13.7. The molecule has 2 atom stereocenters. The first kappa shape index (κ1) is 31.9. The molecule has 7 aromatic carbocycles. The molecular formula is C53H35N3O. The zero-order valence-corrected chi connectivity index (χ0v) is 31.0. The lowest BCUT2D eigenvalue weighted by atomic mass is 9.85. The van der Waals surface area contributed by atoms with Gasteiger partial charge < -0.3 is 13.9 Å². The summed E-state index contributed by atoms with van der Waals surface area (Å²) in [6.07, 6.45) is 7.09. The van der Waals surface area contributed by atoms with E-state index in [2.05, 4.69) is 210 Å². The molecule has 4 nitrogen and oxygen atoms in total. The third kappa shape index (κ3) is 5.04. The van der Waals surface area contributed by atoms with E-state index < -0.39 is 0 Å². The second-order valence-corrected chi connectivity index (χ2v) is 15.1. The van der Waals surface area contributed by atoms with Crippen LogP contribution in [0, 0.1) is 0 Å². The summed E-state index contributed by atoms with van der Waals surface area (Å²) in [5.41, 5.74) is 14.6. The van der Waals surface area contributed by atoms with Crippen LogP contribution in [0.4, 0.5) is 11.5 Å². The number of furan rings is 1. The molecule has 0 N–H and O–H groups in total. The second-order valence-electron chi connectivity index (χ2n) is 15.1. The Balaban J connectivity index is 0.960. The molecule has 0 saturated carbocycles. The Morgan fingerprint density at radius 1 is 0.491 bits per heavy atom. The van der Waals surface area contributed by atoms with Crippen molar-refractivity contribution in [1.82, 2.24) is 9.55 Å². The van der Waals surface area contributed by atoms with E-state index in [1.807, 2.05) is 0 Å². The highest BCUT2D eigenvalue weighted by atomic mass is 16.3. The van der Waals surface area contributed by atoms with Crippen molar-refractivity contribution < 1.29 is 4.42 Å². The lowest BCUT2D eigenvalue weighted by molar-refractivity contribution is 0.669. The molecule has 2 aliphatic rings. The molecule has 0 saturated heterocycles. The summed E-state index contributed by atoms with van der Waals surface area (Å²) in [5, 5.41) is 4.66. The standard InChI is InChI=1S/C53H35N3O/c1-3-12-34(13-4-1)36-22-26-49-42(30-36)43-31-37(35-14-5-2-6-15-35)23-27-50(43)56(49)53-21-11-18-46(54-53)38-24-28-51-44(32-38)45-33-39(25-29-52(45)57-51)55-47-19-9-7-16-40(47)41-17-8-10-20-48(41)55/h1-33,42,49H. The van der Waals surface area contributed by atoms with Crippen molar-refractivity contribution in [3.8, 4) is 28.1 Å². The zero-order chi connectivity index (χ0) is 37.5. The van der Waals surface area contributed by atoms with E-state index >= 15 is 0 Å². The molecule has 2 unspecified atom stereocenters. The van der Waals surface area contributed by atoms with Crippen molar-refractivity contribution in [2.24, 2.45) is 0 Å². The van der Waals surface area contributed by atoms with Crippen molar-refractivity contribution in [2.75, 3.05) is 4.90 Å². The molecule has 0 radical (unpaired) electrons. The molecule has 0 spiro atoms. The Morgan fingerprint density at radius 3 is 1.93 bits per heavy atom. The Hall–Kier alpha value is -7.43. The number of para-hydroxylation sites is 2.